The molecule has 0 radical (unpaired) electrons. The highest BCUT2D eigenvalue weighted by atomic mass is 32.1. The highest BCUT2D eigenvalue weighted by Gasteiger charge is 2.24. The molecule has 4 rings (SSSR count). The molecule has 1 aliphatic heterocycles. The van der Waals surface area contributed by atoms with Crippen molar-refractivity contribution in [1.82, 2.24) is 15.1 Å². The van der Waals surface area contributed by atoms with E-state index in [1.54, 1.807) is 11.3 Å². The highest BCUT2D eigenvalue weighted by molar-refractivity contribution is 7.10. The summed E-state index contributed by atoms with van der Waals surface area (Å²) in [6, 6.07) is 19.9. The lowest BCUT2D eigenvalue weighted by Crippen LogP contribution is -2.52. The Kier molecular flexibility index (Phi) is 7.83. The van der Waals surface area contributed by atoms with Crippen LogP contribution in [0.3, 0.4) is 0 Å². The second-order valence-corrected chi connectivity index (χ2v) is 8.93. The van der Waals surface area contributed by atoms with Gasteiger partial charge in [-0.15, -0.1) is 11.3 Å². The molecule has 0 unspecified atom stereocenters. The molecule has 2 heterocycles. The molecule has 0 saturated carbocycles. The van der Waals surface area contributed by atoms with E-state index in [0.29, 0.717) is 31.9 Å². The Balaban J connectivity index is 1.24. The van der Waals surface area contributed by atoms with Gasteiger partial charge in [0.25, 0.3) is 0 Å². The zero-order valence-electron chi connectivity index (χ0n) is 18.2. The third kappa shape index (κ3) is 6.47. The molecule has 0 bridgehead atoms. The van der Waals surface area contributed by atoms with Crippen molar-refractivity contribution in [1.29, 1.82) is 0 Å². The fourth-order valence-electron chi connectivity index (χ4n) is 3.88. The standard InChI is InChI=1S/C25H27FN4O2S/c26-20-8-10-21(11-9-20)28-23(31)18-29-12-14-30(15-13-29)24(32)17-27-25(22-7-4-16-33-22)19-5-2-1-3-6-19/h1-11,16,25,27H,12-15,17-18H2,(H,28,31)/t25-/m0/s1. The molecule has 1 saturated heterocycles. The molecule has 1 atom stereocenters. The van der Waals surface area contributed by atoms with E-state index < -0.39 is 0 Å². The van der Waals surface area contributed by atoms with Gasteiger partial charge in [0.05, 0.1) is 19.1 Å². The number of piperazine rings is 1. The summed E-state index contributed by atoms with van der Waals surface area (Å²) < 4.78 is 13.0. The van der Waals surface area contributed by atoms with Gasteiger partial charge in [-0.1, -0.05) is 36.4 Å². The summed E-state index contributed by atoms with van der Waals surface area (Å²) in [5.41, 5.74) is 1.70. The molecule has 1 aromatic heterocycles. The lowest BCUT2D eigenvalue weighted by Gasteiger charge is -2.34. The maximum Gasteiger partial charge on any atom is 0.238 e. The molecule has 172 valence electrons. The van der Waals surface area contributed by atoms with Crippen LogP contribution in [0, 0.1) is 5.82 Å². The molecule has 2 amide bonds. The van der Waals surface area contributed by atoms with Gasteiger partial charge in [-0.25, -0.2) is 4.39 Å². The number of thiophene rings is 1. The topological polar surface area (TPSA) is 64.7 Å². The molecule has 0 aliphatic carbocycles. The first-order valence-corrected chi connectivity index (χ1v) is 11.8. The van der Waals surface area contributed by atoms with E-state index in [9.17, 15) is 14.0 Å². The van der Waals surface area contributed by atoms with E-state index in [1.165, 1.54) is 29.1 Å². The minimum atomic E-state index is -0.339. The second-order valence-electron chi connectivity index (χ2n) is 7.95. The smallest absolute Gasteiger partial charge is 0.238 e. The van der Waals surface area contributed by atoms with Crippen LogP contribution in [0.5, 0.6) is 0 Å². The van der Waals surface area contributed by atoms with E-state index in [2.05, 4.69) is 28.8 Å². The molecule has 2 aromatic carbocycles. The van der Waals surface area contributed by atoms with Crippen LogP contribution in [0.1, 0.15) is 16.5 Å². The van der Waals surface area contributed by atoms with Crippen molar-refractivity contribution in [2.24, 2.45) is 0 Å². The van der Waals surface area contributed by atoms with Crippen LogP contribution in [-0.4, -0.2) is 60.9 Å². The number of rotatable bonds is 8. The summed E-state index contributed by atoms with van der Waals surface area (Å²) in [7, 11) is 0. The van der Waals surface area contributed by atoms with Crippen molar-refractivity contribution < 1.29 is 14.0 Å². The number of benzene rings is 2. The first-order chi connectivity index (χ1) is 16.1. The summed E-state index contributed by atoms with van der Waals surface area (Å²) in [4.78, 5) is 30.1. The molecule has 0 spiro atoms. The molecule has 2 N–H and O–H groups in total. The number of anilines is 1. The Labute approximate surface area is 197 Å². The number of carbonyl (C=O) groups is 2. The van der Waals surface area contributed by atoms with Crippen LogP contribution in [0.15, 0.2) is 72.1 Å². The van der Waals surface area contributed by atoms with Gasteiger partial charge < -0.3 is 10.2 Å². The van der Waals surface area contributed by atoms with Crippen LogP contribution >= 0.6 is 11.3 Å². The summed E-state index contributed by atoms with van der Waals surface area (Å²) in [6.45, 7) is 2.93. The molecule has 1 aliphatic rings. The number of nitrogens with zero attached hydrogens (tertiary/aromatic N) is 2. The van der Waals surface area contributed by atoms with Gasteiger partial charge in [-0.3, -0.25) is 19.8 Å². The van der Waals surface area contributed by atoms with Crippen molar-refractivity contribution >= 4 is 28.8 Å². The lowest BCUT2D eigenvalue weighted by molar-refractivity contribution is -0.132. The van der Waals surface area contributed by atoms with Crippen molar-refractivity contribution in [3.63, 3.8) is 0 Å². The quantitative estimate of drug-likeness (QED) is 0.535. The van der Waals surface area contributed by atoms with Gasteiger partial charge in [0.2, 0.25) is 11.8 Å². The number of halogens is 1. The maximum absolute atomic E-state index is 13.0. The SMILES string of the molecule is O=C(CN1CCN(C(=O)CN[C@@H](c2ccccc2)c2cccs2)CC1)Nc1ccc(F)cc1. The number of carbonyl (C=O) groups excluding carboxylic acids is 2. The van der Waals surface area contributed by atoms with Crippen LogP contribution in [0.4, 0.5) is 10.1 Å². The highest BCUT2D eigenvalue weighted by Crippen LogP contribution is 2.25. The zero-order chi connectivity index (χ0) is 23.0. The van der Waals surface area contributed by atoms with E-state index in [1.807, 2.05) is 39.4 Å². The minimum Gasteiger partial charge on any atom is -0.339 e. The monoisotopic (exact) mass is 466 g/mol. The third-order valence-electron chi connectivity index (χ3n) is 5.64. The molecule has 8 heteroatoms. The summed E-state index contributed by atoms with van der Waals surface area (Å²) in [6.07, 6.45) is 0. The van der Waals surface area contributed by atoms with Crippen molar-refractivity contribution in [2.45, 2.75) is 6.04 Å². The van der Waals surface area contributed by atoms with Crippen molar-refractivity contribution in [2.75, 3.05) is 44.6 Å². The first kappa shape index (κ1) is 23.1. The Morgan fingerprint density at radius 3 is 2.33 bits per heavy atom. The van der Waals surface area contributed by atoms with E-state index in [-0.39, 0.29) is 36.8 Å². The zero-order valence-corrected chi connectivity index (χ0v) is 19.1. The predicted molar refractivity (Wildman–Crippen MR) is 129 cm³/mol. The molecule has 1 fully saturated rings. The number of hydrogen-bond donors (Lipinski definition) is 2. The van der Waals surface area contributed by atoms with Gasteiger partial charge >= 0.3 is 0 Å². The van der Waals surface area contributed by atoms with Gasteiger partial charge in [0, 0.05) is 36.7 Å². The number of hydrogen-bond acceptors (Lipinski definition) is 5. The molecule has 6 nitrogen and oxygen atoms in total. The van der Waals surface area contributed by atoms with Gasteiger partial charge in [-0.05, 0) is 41.3 Å². The van der Waals surface area contributed by atoms with E-state index in [4.69, 9.17) is 0 Å². The van der Waals surface area contributed by atoms with Gasteiger partial charge in [0.1, 0.15) is 5.82 Å². The first-order valence-electron chi connectivity index (χ1n) is 11.0. The molecule has 3 aromatic rings. The van der Waals surface area contributed by atoms with E-state index >= 15 is 0 Å². The van der Waals surface area contributed by atoms with Crippen LogP contribution in [0.2, 0.25) is 0 Å². The summed E-state index contributed by atoms with van der Waals surface area (Å²) in [5, 5.41) is 8.24. The summed E-state index contributed by atoms with van der Waals surface area (Å²) in [5.74, 6) is -0.429. The Hall–Kier alpha value is -3.07. The van der Waals surface area contributed by atoms with Crippen LogP contribution < -0.4 is 10.6 Å². The van der Waals surface area contributed by atoms with Gasteiger partial charge in [0.15, 0.2) is 0 Å². The maximum atomic E-state index is 13.0. The Morgan fingerprint density at radius 2 is 1.67 bits per heavy atom. The normalized spacial score (nSPS) is 15.2. The van der Waals surface area contributed by atoms with Gasteiger partial charge in [-0.2, -0.15) is 0 Å². The Morgan fingerprint density at radius 1 is 0.939 bits per heavy atom. The lowest BCUT2D eigenvalue weighted by atomic mass is 10.1. The second kappa shape index (κ2) is 11.2. The van der Waals surface area contributed by atoms with E-state index in [0.717, 1.165) is 5.56 Å². The summed E-state index contributed by atoms with van der Waals surface area (Å²) >= 11 is 1.67. The average molecular weight is 467 g/mol. The number of amides is 2. The predicted octanol–water partition coefficient (Wildman–Crippen LogP) is 3.35. The van der Waals surface area contributed by atoms with Crippen molar-refractivity contribution in [3.8, 4) is 0 Å². The largest absolute Gasteiger partial charge is 0.339 e. The fraction of sp³-hybridized carbons (Fsp3) is 0.280. The van der Waals surface area contributed by atoms with Crippen LogP contribution in [0.25, 0.3) is 0 Å². The minimum absolute atomic E-state index is 0.0217. The molecular formula is C25H27FN4O2S. The third-order valence-corrected chi connectivity index (χ3v) is 6.58. The molecule has 33 heavy (non-hydrogen) atoms. The Bertz CT molecular complexity index is 1040. The molecular weight excluding hydrogens is 439 g/mol. The van der Waals surface area contributed by atoms with Crippen LogP contribution in [-0.2, 0) is 9.59 Å². The number of nitrogens with one attached hydrogen (secondary N) is 2. The fourth-order valence-corrected chi connectivity index (χ4v) is 4.70. The average Bonchev–Trinajstić information content (AvgIpc) is 3.36. The van der Waals surface area contributed by atoms with Crippen molar-refractivity contribution in [3.05, 3.63) is 88.4 Å².